The number of anilines is 1. The molecule has 2 aromatic carbocycles. The van der Waals surface area contributed by atoms with Gasteiger partial charge in [0.15, 0.2) is 11.5 Å². The largest absolute Gasteiger partial charge is 0.493 e. The Balaban J connectivity index is 1.65. The van der Waals surface area contributed by atoms with E-state index in [-0.39, 0.29) is 11.8 Å². The number of nitrogens with one attached hydrogen (secondary N) is 2. The molecule has 7 nitrogen and oxygen atoms in total. The number of hydrogen-bond acceptors (Lipinski definition) is 5. The maximum Gasteiger partial charge on any atom is 0.243 e. The standard InChI is InChI=1S/C25H33N3O4/c1-19(29)27-22-10-6-20(7-11-22)9-13-25(30)26-15-5-16-28(2)17-14-21-8-12-23(31-3)24(18-21)32-4/h6-13,18H,5,14-17H2,1-4H3,(H,26,30)(H,27,29). The van der Waals surface area contributed by atoms with Crippen molar-refractivity contribution in [1.29, 1.82) is 0 Å². The Hall–Kier alpha value is -3.32. The molecule has 0 aliphatic rings. The second-order valence-electron chi connectivity index (χ2n) is 7.52. The van der Waals surface area contributed by atoms with Crippen molar-refractivity contribution < 1.29 is 19.1 Å². The molecule has 7 heteroatoms. The summed E-state index contributed by atoms with van der Waals surface area (Å²) in [7, 11) is 5.35. The van der Waals surface area contributed by atoms with E-state index in [0.717, 1.165) is 48.7 Å². The molecule has 0 bridgehead atoms. The number of likely N-dealkylation sites (N-methyl/N-ethyl adjacent to an activating group) is 1. The molecule has 172 valence electrons. The number of hydrogen-bond donors (Lipinski definition) is 2. The van der Waals surface area contributed by atoms with Gasteiger partial charge in [-0.25, -0.2) is 0 Å². The highest BCUT2D eigenvalue weighted by Gasteiger charge is 2.06. The van der Waals surface area contributed by atoms with Crippen molar-refractivity contribution in [3.05, 3.63) is 59.7 Å². The SMILES string of the molecule is COc1ccc(CCN(C)CCCNC(=O)C=Cc2ccc(NC(C)=O)cc2)cc1OC. The zero-order chi connectivity index (χ0) is 23.3. The quantitative estimate of drug-likeness (QED) is 0.392. The van der Waals surface area contributed by atoms with Gasteiger partial charge in [-0.2, -0.15) is 0 Å². The molecule has 2 aromatic rings. The minimum atomic E-state index is -0.121. The lowest BCUT2D eigenvalue weighted by Crippen LogP contribution is -2.28. The number of rotatable bonds is 12. The van der Waals surface area contributed by atoms with Crippen LogP contribution in [0, 0.1) is 0 Å². The Kier molecular flexibility index (Phi) is 10.3. The maximum atomic E-state index is 12.0. The first kappa shape index (κ1) is 24.9. The van der Waals surface area contributed by atoms with Crippen LogP contribution in [0.25, 0.3) is 6.08 Å². The van der Waals surface area contributed by atoms with Gasteiger partial charge in [-0.1, -0.05) is 18.2 Å². The van der Waals surface area contributed by atoms with Crippen molar-refractivity contribution in [1.82, 2.24) is 10.2 Å². The summed E-state index contributed by atoms with van der Waals surface area (Å²) in [6.45, 7) is 3.89. The Bertz CT molecular complexity index is 910. The molecule has 32 heavy (non-hydrogen) atoms. The van der Waals surface area contributed by atoms with Gasteiger partial charge in [-0.05, 0) is 67.9 Å². The molecule has 2 N–H and O–H groups in total. The van der Waals surface area contributed by atoms with Crippen LogP contribution in [0.1, 0.15) is 24.5 Å². The summed E-state index contributed by atoms with van der Waals surface area (Å²) in [5, 5.41) is 5.62. The number of methoxy groups -OCH3 is 2. The van der Waals surface area contributed by atoms with Crippen LogP contribution in [0.5, 0.6) is 11.5 Å². The molecule has 0 unspecified atom stereocenters. The summed E-state index contributed by atoms with van der Waals surface area (Å²) in [6.07, 6.45) is 5.05. The first-order chi connectivity index (χ1) is 15.4. The molecular weight excluding hydrogens is 406 g/mol. The van der Waals surface area contributed by atoms with E-state index in [4.69, 9.17) is 9.47 Å². The van der Waals surface area contributed by atoms with Gasteiger partial charge in [0.05, 0.1) is 14.2 Å². The van der Waals surface area contributed by atoms with Crippen LogP contribution < -0.4 is 20.1 Å². The third kappa shape index (κ3) is 8.81. The van der Waals surface area contributed by atoms with Gasteiger partial charge in [-0.15, -0.1) is 0 Å². The lowest BCUT2D eigenvalue weighted by molar-refractivity contribution is -0.116. The summed E-state index contributed by atoms with van der Waals surface area (Å²) in [6, 6.07) is 13.3. The Morgan fingerprint density at radius 3 is 2.38 bits per heavy atom. The molecule has 2 amide bonds. The van der Waals surface area contributed by atoms with Gasteiger partial charge < -0.3 is 25.0 Å². The van der Waals surface area contributed by atoms with E-state index in [0.29, 0.717) is 6.54 Å². The van der Waals surface area contributed by atoms with E-state index < -0.39 is 0 Å². The second kappa shape index (κ2) is 13.2. The van der Waals surface area contributed by atoms with E-state index in [2.05, 4.69) is 28.6 Å². The van der Waals surface area contributed by atoms with E-state index in [9.17, 15) is 9.59 Å². The van der Waals surface area contributed by atoms with Gasteiger partial charge in [0, 0.05) is 31.8 Å². The fraction of sp³-hybridized carbons (Fsp3) is 0.360. The third-order valence-corrected chi connectivity index (χ3v) is 4.90. The molecule has 0 saturated heterocycles. The fourth-order valence-corrected chi connectivity index (χ4v) is 3.14. The number of nitrogens with zero attached hydrogens (tertiary/aromatic N) is 1. The second-order valence-corrected chi connectivity index (χ2v) is 7.52. The van der Waals surface area contributed by atoms with Crippen molar-refractivity contribution in [2.24, 2.45) is 0 Å². The molecule has 0 aliphatic heterocycles. The Labute approximate surface area is 190 Å². The predicted molar refractivity (Wildman–Crippen MR) is 128 cm³/mol. The topological polar surface area (TPSA) is 79.9 Å². The van der Waals surface area contributed by atoms with Crippen LogP contribution in [0.3, 0.4) is 0 Å². The Morgan fingerprint density at radius 1 is 1.00 bits per heavy atom. The van der Waals surface area contributed by atoms with Crippen LogP contribution in [-0.2, 0) is 16.0 Å². The average Bonchev–Trinajstić information content (AvgIpc) is 2.79. The van der Waals surface area contributed by atoms with Crippen molar-refractivity contribution in [2.45, 2.75) is 19.8 Å². The third-order valence-electron chi connectivity index (χ3n) is 4.90. The predicted octanol–water partition coefficient (Wildman–Crippen LogP) is 3.36. The zero-order valence-corrected chi connectivity index (χ0v) is 19.3. The molecule has 0 aliphatic carbocycles. The van der Waals surface area contributed by atoms with E-state index in [1.54, 1.807) is 32.4 Å². The number of benzene rings is 2. The van der Waals surface area contributed by atoms with Crippen molar-refractivity contribution in [3.63, 3.8) is 0 Å². The molecule has 0 aromatic heterocycles. The number of carbonyl (C=O) groups is 2. The van der Waals surface area contributed by atoms with E-state index in [1.807, 2.05) is 24.3 Å². The van der Waals surface area contributed by atoms with E-state index in [1.165, 1.54) is 18.6 Å². The van der Waals surface area contributed by atoms with Gasteiger partial charge in [-0.3, -0.25) is 9.59 Å². The summed E-state index contributed by atoms with van der Waals surface area (Å²) in [5.74, 6) is 1.24. The van der Waals surface area contributed by atoms with Gasteiger partial charge in [0.2, 0.25) is 11.8 Å². The number of carbonyl (C=O) groups excluding carboxylic acids is 2. The normalized spacial score (nSPS) is 10.9. The fourth-order valence-electron chi connectivity index (χ4n) is 3.14. The lowest BCUT2D eigenvalue weighted by Gasteiger charge is -2.17. The summed E-state index contributed by atoms with van der Waals surface area (Å²) < 4.78 is 10.6. The first-order valence-corrected chi connectivity index (χ1v) is 10.6. The minimum absolute atomic E-state index is 0.112. The first-order valence-electron chi connectivity index (χ1n) is 10.6. The zero-order valence-electron chi connectivity index (χ0n) is 19.3. The molecule has 0 fully saturated rings. The summed E-state index contributed by atoms with van der Waals surface area (Å²) >= 11 is 0. The van der Waals surface area contributed by atoms with Gasteiger partial charge in [0.1, 0.15) is 0 Å². The molecule has 2 rings (SSSR count). The van der Waals surface area contributed by atoms with Gasteiger partial charge >= 0.3 is 0 Å². The summed E-state index contributed by atoms with van der Waals surface area (Å²) in [4.78, 5) is 25.3. The smallest absolute Gasteiger partial charge is 0.243 e. The van der Waals surface area contributed by atoms with Crippen LogP contribution in [0.4, 0.5) is 5.69 Å². The van der Waals surface area contributed by atoms with Crippen molar-refractivity contribution in [3.8, 4) is 11.5 Å². The molecular formula is C25H33N3O4. The van der Waals surface area contributed by atoms with Crippen LogP contribution in [0.15, 0.2) is 48.5 Å². The van der Waals surface area contributed by atoms with Crippen LogP contribution >= 0.6 is 0 Å². The van der Waals surface area contributed by atoms with Crippen molar-refractivity contribution in [2.75, 3.05) is 46.2 Å². The highest BCUT2D eigenvalue weighted by Crippen LogP contribution is 2.27. The van der Waals surface area contributed by atoms with E-state index >= 15 is 0 Å². The average molecular weight is 440 g/mol. The number of amides is 2. The molecule has 0 atom stereocenters. The number of ether oxygens (including phenoxy) is 2. The van der Waals surface area contributed by atoms with Crippen LogP contribution in [0.2, 0.25) is 0 Å². The monoisotopic (exact) mass is 439 g/mol. The highest BCUT2D eigenvalue weighted by molar-refractivity contribution is 5.92. The minimum Gasteiger partial charge on any atom is -0.493 e. The molecule has 0 spiro atoms. The molecule has 0 saturated carbocycles. The molecule has 0 radical (unpaired) electrons. The van der Waals surface area contributed by atoms with Crippen LogP contribution in [-0.4, -0.2) is 57.6 Å². The Morgan fingerprint density at radius 2 is 1.72 bits per heavy atom. The molecule has 0 heterocycles. The highest BCUT2D eigenvalue weighted by atomic mass is 16.5. The van der Waals surface area contributed by atoms with Gasteiger partial charge in [0.25, 0.3) is 0 Å². The lowest BCUT2D eigenvalue weighted by atomic mass is 10.1. The maximum absolute atomic E-state index is 12.0. The summed E-state index contributed by atoms with van der Waals surface area (Å²) in [5.41, 5.74) is 2.82. The van der Waals surface area contributed by atoms with Crippen molar-refractivity contribution >= 4 is 23.6 Å².